The lowest BCUT2D eigenvalue weighted by atomic mass is 9.95. The van der Waals surface area contributed by atoms with E-state index in [1.807, 2.05) is 0 Å². The molecule has 180 valence electrons. The van der Waals surface area contributed by atoms with Crippen molar-refractivity contribution in [3.63, 3.8) is 0 Å². The second-order valence-electron chi connectivity index (χ2n) is 8.19. The number of rotatable bonds is 3. The number of thiazole rings is 1. The Morgan fingerprint density at radius 3 is 2.44 bits per heavy atom. The molecule has 36 heavy (non-hydrogen) atoms. The predicted octanol–water partition coefficient (Wildman–Crippen LogP) is 6.00. The number of ether oxygens (including phenoxy) is 2. The van der Waals surface area contributed by atoms with Gasteiger partial charge in [0.2, 0.25) is 0 Å². The first-order valence-corrected chi connectivity index (χ1v) is 12.5. The van der Waals surface area contributed by atoms with Gasteiger partial charge in [0.05, 0.1) is 21.8 Å². The number of halogens is 2. The molecule has 3 heterocycles. The van der Waals surface area contributed by atoms with Crippen LogP contribution in [0.1, 0.15) is 17.2 Å². The van der Waals surface area contributed by atoms with Gasteiger partial charge in [0.1, 0.15) is 19.0 Å². The van der Waals surface area contributed by atoms with Crippen molar-refractivity contribution >= 4 is 67.3 Å². The molecule has 2 aliphatic rings. The van der Waals surface area contributed by atoms with E-state index in [9.17, 15) is 14.7 Å². The van der Waals surface area contributed by atoms with Crippen LogP contribution in [0.25, 0.3) is 16.0 Å². The van der Waals surface area contributed by atoms with E-state index in [1.165, 1.54) is 16.2 Å². The molecule has 1 aromatic heterocycles. The van der Waals surface area contributed by atoms with Gasteiger partial charge in [-0.3, -0.25) is 14.5 Å². The van der Waals surface area contributed by atoms with E-state index in [-0.39, 0.29) is 11.3 Å². The molecule has 1 fully saturated rings. The quantitative estimate of drug-likeness (QED) is 0.195. The highest BCUT2D eigenvalue weighted by Gasteiger charge is 2.48. The SMILES string of the molecule is O=C1C(=O)N(c2nc3ccc(Cl)cc3s2)C(c2ccc(Cl)cc2)/C1=C(\O)c1ccc2c(c1)OCCO2. The number of benzene rings is 3. The molecule has 0 spiro atoms. The van der Waals surface area contributed by atoms with Gasteiger partial charge in [-0.25, -0.2) is 4.98 Å². The Hall–Kier alpha value is -3.59. The molecule has 10 heteroatoms. The minimum Gasteiger partial charge on any atom is -0.507 e. The molecule has 0 bridgehead atoms. The summed E-state index contributed by atoms with van der Waals surface area (Å²) in [6.45, 7) is 0.793. The van der Waals surface area contributed by atoms with Crippen molar-refractivity contribution in [3.8, 4) is 11.5 Å². The van der Waals surface area contributed by atoms with Gasteiger partial charge in [-0.05, 0) is 54.1 Å². The fourth-order valence-electron chi connectivity index (χ4n) is 4.33. The number of anilines is 1. The lowest BCUT2D eigenvalue weighted by Gasteiger charge is -2.23. The highest BCUT2D eigenvalue weighted by atomic mass is 35.5. The Kier molecular flexibility index (Phi) is 5.59. The first kappa shape index (κ1) is 22.8. The number of carbonyl (C=O) groups excluding carboxylic acids is 2. The van der Waals surface area contributed by atoms with Gasteiger partial charge < -0.3 is 14.6 Å². The van der Waals surface area contributed by atoms with Gasteiger partial charge in [0.25, 0.3) is 5.78 Å². The molecule has 2 aliphatic heterocycles. The largest absolute Gasteiger partial charge is 0.507 e. The van der Waals surface area contributed by atoms with Crippen molar-refractivity contribution in [2.45, 2.75) is 6.04 Å². The summed E-state index contributed by atoms with van der Waals surface area (Å²) >= 11 is 13.5. The molecule has 0 radical (unpaired) electrons. The molecule has 0 saturated carbocycles. The Bertz CT molecular complexity index is 1580. The van der Waals surface area contributed by atoms with Crippen molar-refractivity contribution in [3.05, 3.63) is 87.4 Å². The number of amides is 1. The summed E-state index contributed by atoms with van der Waals surface area (Å²) in [5, 5.41) is 12.7. The second-order valence-corrected chi connectivity index (χ2v) is 10.1. The van der Waals surface area contributed by atoms with Crippen LogP contribution in [0.3, 0.4) is 0 Å². The van der Waals surface area contributed by atoms with E-state index in [0.717, 1.165) is 4.70 Å². The third-order valence-electron chi connectivity index (χ3n) is 5.99. The maximum Gasteiger partial charge on any atom is 0.301 e. The highest BCUT2D eigenvalue weighted by Crippen LogP contribution is 2.45. The molecule has 1 N–H and O–H groups in total. The third-order valence-corrected chi connectivity index (χ3v) is 7.50. The molecule has 1 atom stereocenters. The average Bonchev–Trinajstić information content (AvgIpc) is 3.41. The monoisotopic (exact) mass is 538 g/mol. The lowest BCUT2D eigenvalue weighted by molar-refractivity contribution is -0.132. The summed E-state index contributed by atoms with van der Waals surface area (Å²) in [7, 11) is 0. The van der Waals surface area contributed by atoms with E-state index in [4.69, 9.17) is 32.7 Å². The van der Waals surface area contributed by atoms with Crippen LogP contribution in [0.15, 0.2) is 66.2 Å². The zero-order chi connectivity index (χ0) is 25.0. The van der Waals surface area contributed by atoms with E-state index < -0.39 is 17.7 Å². The van der Waals surface area contributed by atoms with Gasteiger partial charge in [0.15, 0.2) is 16.6 Å². The molecule has 7 nitrogen and oxygen atoms in total. The maximum atomic E-state index is 13.4. The molecule has 1 saturated heterocycles. The number of aromatic nitrogens is 1. The normalized spacial score (nSPS) is 18.7. The van der Waals surface area contributed by atoms with Gasteiger partial charge >= 0.3 is 5.91 Å². The van der Waals surface area contributed by atoms with E-state index in [2.05, 4.69) is 4.98 Å². The minimum atomic E-state index is -0.925. The number of hydrogen-bond acceptors (Lipinski definition) is 7. The molecule has 1 unspecified atom stereocenters. The molecule has 3 aromatic carbocycles. The number of Topliss-reactive ketones (excluding diaryl/α,β-unsaturated/α-hetero) is 1. The second kappa shape index (κ2) is 8.81. The summed E-state index contributed by atoms with van der Waals surface area (Å²) in [5.41, 5.74) is 1.50. The van der Waals surface area contributed by atoms with Crippen LogP contribution in [-0.4, -0.2) is 35.0 Å². The van der Waals surface area contributed by atoms with Gasteiger partial charge in [-0.2, -0.15) is 0 Å². The summed E-state index contributed by atoms with van der Waals surface area (Å²) in [6.07, 6.45) is 0. The molecular weight excluding hydrogens is 523 g/mol. The lowest BCUT2D eigenvalue weighted by Crippen LogP contribution is -2.29. The van der Waals surface area contributed by atoms with Crippen LogP contribution in [-0.2, 0) is 9.59 Å². The third kappa shape index (κ3) is 3.78. The standard InChI is InChI=1S/C26H16Cl2N2O5S/c27-15-4-1-13(2-5-15)22-21(23(31)14-3-8-18-19(11-14)35-10-9-34-18)24(32)25(33)30(22)26-29-17-7-6-16(28)12-20(17)36-26/h1-8,11-12,22,31H,9-10H2/b23-21+. The van der Waals surface area contributed by atoms with Crippen LogP contribution in [0.5, 0.6) is 11.5 Å². The Morgan fingerprint density at radius 2 is 1.67 bits per heavy atom. The smallest absolute Gasteiger partial charge is 0.301 e. The van der Waals surface area contributed by atoms with Crippen LogP contribution < -0.4 is 14.4 Å². The zero-order valence-corrected chi connectivity index (χ0v) is 20.7. The van der Waals surface area contributed by atoms with E-state index in [1.54, 1.807) is 60.7 Å². The van der Waals surface area contributed by atoms with Crippen LogP contribution in [0.2, 0.25) is 10.0 Å². The van der Waals surface area contributed by atoms with Gasteiger partial charge in [-0.1, -0.05) is 46.7 Å². The minimum absolute atomic E-state index is 0.0590. The van der Waals surface area contributed by atoms with Crippen molar-refractivity contribution in [1.82, 2.24) is 4.98 Å². The molecule has 6 rings (SSSR count). The molecule has 4 aromatic rings. The summed E-state index contributed by atoms with van der Waals surface area (Å²) in [5.74, 6) is -0.943. The Labute approximate surface area is 219 Å². The van der Waals surface area contributed by atoms with Crippen molar-refractivity contribution in [2.24, 2.45) is 0 Å². The zero-order valence-electron chi connectivity index (χ0n) is 18.4. The Morgan fingerprint density at radius 1 is 0.944 bits per heavy atom. The van der Waals surface area contributed by atoms with Crippen LogP contribution in [0, 0.1) is 0 Å². The number of aliphatic hydroxyl groups excluding tert-OH is 1. The fourth-order valence-corrected chi connectivity index (χ4v) is 5.72. The van der Waals surface area contributed by atoms with Gasteiger partial charge in [0, 0.05) is 15.6 Å². The average molecular weight is 539 g/mol. The van der Waals surface area contributed by atoms with Gasteiger partial charge in [-0.15, -0.1) is 0 Å². The first-order valence-electron chi connectivity index (χ1n) is 10.9. The molecule has 1 amide bonds. The summed E-state index contributed by atoms with van der Waals surface area (Å²) < 4.78 is 11.9. The van der Waals surface area contributed by atoms with Crippen LogP contribution >= 0.6 is 34.5 Å². The summed E-state index contributed by atoms with van der Waals surface area (Å²) in [6, 6.07) is 15.9. The summed E-state index contributed by atoms with van der Waals surface area (Å²) in [4.78, 5) is 32.7. The topological polar surface area (TPSA) is 89.0 Å². The number of nitrogens with zero attached hydrogens (tertiary/aromatic N) is 2. The number of hydrogen-bond donors (Lipinski definition) is 1. The number of aliphatic hydroxyl groups is 1. The number of ketones is 1. The van der Waals surface area contributed by atoms with E-state index in [0.29, 0.717) is 56.5 Å². The Balaban J connectivity index is 1.54. The van der Waals surface area contributed by atoms with Crippen LogP contribution in [0.4, 0.5) is 5.13 Å². The molecular formula is C26H16Cl2N2O5S. The number of fused-ring (bicyclic) bond motifs is 2. The predicted molar refractivity (Wildman–Crippen MR) is 138 cm³/mol. The van der Waals surface area contributed by atoms with Crippen molar-refractivity contribution in [1.29, 1.82) is 0 Å². The highest BCUT2D eigenvalue weighted by molar-refractivity contribution is 7.22. The fraction of sp³-hybridized carbons (Fsp3) is 0.115. The van der Waals surface area contributed by atoms with E-state index >= 15 is 0 Å². The maximum absolute atomic E-state index is 13.4. The number of carbonyl (C=O) groups is 2. The van der Waals surface area contributed by atoms with Crippen molar-refractivity contribution in [2.75, 3.05) is 18.1 Å². The van der Waals surface area contributed by atoms with Crippen molar-refractivity contribution < 1.29 is 24.2 Å². The first-order chi connectivity index (χ1) is 17.4. The molecule has 0 aliphatic carbocycles.